The van der Waals surface area contributed by atoms with Crippen molar-refractivity contribution in [2.45, 2.75) is 51.3 Å². The number of aromatic nitrogens is 2. The molecule has 1 aliphatic rings. The van der Waals surface area contributed by atoms with Crippen LogP contribution >= 0.6 is 0 Å². The van der Waals surface area contributed by atoms with Gasteiger partial charge in [0.15, 0.2) is 0 Å². The summed E-state index contributed by atoms with van der Waals surface area (Å²) >= 11 is 0. The molecule has 3 rings (SSSR count). The van der Waals surface area contributed by atoms with Gasteiger partial charge < -0.3 is 19.7 Å². The molecule has 0 unspecified atom stereocenters. The second-order valence-electron chi connectivity index (χ2n) is 9.02. The van der Waals surface area contributed by atoms with Gasteiger partial charge in [0.25, 0.3) is 5.56 Å². The molecule has 1 saturated heterocycles. The second kappa shape index (κ2) is 8.65. The Hall–Kier alpha value is -2.96. The predicted octanol–water partition coefficient (Wildman–Crippen LogP) is 1.56. The molecule has 2 aromatic heterocycles. The van der Waals surface area contributed by atoms with Crippen molar-refractivity contribution < 1.29 is 15.0 Å². The number of hydrogen-bond donors (Lipinski definition) is 2. The van der Waals surface area contributed by atoms with Crippen molar-refractivity contribution in [1.29, 1.82) is 5.26 Å². The highest BCUT2D eigenvalue weighted by Crippen LogP contribution is 2.26. The Balaban J connectivity index is 1.79. The van der Waals surface area contributed by atoms with Crippen molar-refractivity contribution >= 4 is 17.1 Å². The standard InChI is InChI=1S/C22H29N5O4/c1-22(2,3)27(21(30)31)17-8-10-26(13-18(17)28)9-7-15-14(11-23)12-24-16-5-6-19(29)25(4)20(15)16/h5-6,12,17-18,28H,7-10,13H2,1-4H3,(H,30,31)/t17-,18-/m0/s1. The van der Waals surface area contributed by atoms with Gasteiger partial charge >= 0.3 is 6.09 Å². The molecule has 2 atom stereocenters. The van der Waals surface area contributed by atoms with Crippen LogP contribution in [0.1, 0.15) is 38.3 Å². The highest BCUT2D eigenvalue weighted by Gasteiger charge is 2.39. The van der Waals surface area contributed by atoms with Crippen molar-refractivity contribution in [3.8, 4) is 6.07 Å². The number of carboxylic acid groups (broad SMARTS) is 1. The number of aliphatic hydroxyl groups excluding tert-OH is 1. The lowest BCUT2D eigenvalue weighted by atomic mass is 9.94. The molecule has 2 aromatic rings. The highest BCUT2D eigenvalue weighted by atomic mass is 16.4. The number of nitrogens with zero attached hydrogens (tertiary/aromatic N) is 5. The lowest BCUT2D eigenvalue weighted by Gasteiger charge is -2.46. The fourth-order valence-electron chi connectivity index (χ4n) is 4.46. The fourth-order valence-corrected chi connectivity index (χ4v) is 4.46. The number of piperidine rings is 1. The van der Waals surface area contributed by atoms with E-state index in [1.807, 2.05) is 20.8 Å². The third-order valence-electron chi connectivity index (χ3n) is 5.93. The average Bonchev–Trinajstić information content (AvgIpc) is 2.69. The Labute approximate surface area is 181 Å². The summed E-state index contributed by atoms with van der Waals surface area (Å²) in [5.74, 6) is 0. The molecule has 0 saturated carbocycles. The lowest BCUT2D eigenvalue weighted by molar-refractivity contribution is -0.0347. The minimum Gasteiger partial charge on any atom is -0.465 e. The van der Waals surface area contributed by atoms with Crippen LogP contribution < -0.4 is 5.56 Å². The first-order valence-electron chi connectivity index (χ1n) is 10.3. The SMILES string of the molecule is Cn1c(=O)ccc2ncc(C#N)c(CCN3CC[C@H](N(C(=O)O)C(C)(C)C)[C@@H](O)C3)c21. The summed E-state index contributed by atoms with van der Waals surface area (Å²) in [6.45, 7) is 7.01. The number of likely N-dealkylation sites (tertiary alicyclic amines) is 1. The first-order chi connectivity index (χ1) is 14.5. The molecule has 0 bridgehead atoms. The zero-order valence-electron chi connectivity index (χ0n) is 18.4. The van der Waals surface area contributed by atoms with Gasteiger partial charge in [0.1, 0.15) is 6.07 Å². The van der Waals surface area contributed by atoms with Crippen LogP contribution in [0.3, 0.4) is 0 Å². The molecule has 0 aromatic carbocycles. The molecule has 9 nitrogen and oxygen atoms in total. The molecule has 1 amide bonds. The van der Waals surface area contributed by atoms with E-state index in [2.05, 4.69) is 16.0 Å². The van der Waals surface area contributed by atoms with Crippen molar-refractivity contribution in [3.05, 3.63) is 39.8 Å². The number of amides is 1. The van der Waals surface area contributed by atoms with E-state index >= 15 is 0 Å². The van der Waals surface area contributed by atoms with Crippen molar-refractivity contribution in [3.63, 3.8) is 0 Å². The number of carbonyl (C=O) groups is 1. The van der Waals surface area contributed by atoms with E-state index in [0.717, 1.165) is 5.56 Å². The molecule has 3 heterocycles. The maximum absolute atomic E-state index is 12.1. The molecule has 9 heteroatoms. The zero-order valence-corrected chi connectivity index (χ0v) is 18.4. The van der Waals surface area contributed by atoms with Crippen LogP contribution in [0.4, 0.5) is 4.79 Å². The van der Waals surface area contributed by atoms with Gasteiger partial charge in [-0.15, -0.1) is 0 Å². The number of aliphatic hydroxyl groups is 1. The van der Waals surface area contributed by atoms with Gasteiger partial charge in [-0.25, -0.2) is 4.79 Å². The van der Waals surface area contributed by atoms with Crippen LogP contribution in [0, 0.1) is 11.3 Å². The van der Waals surface area contributed by atoms with Crippen molar-refractivity contribution in [2.75, 3.05) is 19.6 Å². The van der Waals surface area contributed by atoms with Crippen LogP contribution in [0.25, 0.3) is 11.0 Å². The normalized spacial score (nSPS) is 19.9. The number of nitriles is 1. The monoisotopic (exact) mass is 427 g/mol. The summed E-state index contributed by atoms with van der Waals surface area (Å²) in [5, 5.41) is 29.9. The van der Waals surface area contributed by atoms with E-state index in [4.69, 9.17) is 0 Å². The summed E-state index contributed by atoms with van der Waals surface area (Å²) in [6.07, 6.45) is 0.715. The summed E-state index contributed by atoms with van der Waals surface area (Å²) in [5.41, 5.74) is 1.70. The smallest absolute Gasteiger partial charge is 0.408 e. The number of pyridine rings is 2. The molecule has 0 radical (unpaired) electrons. The van der Waals surface area contributed by atoms with Crippen LogP contribution in [-0.4, -0.2) is 73.0 Å². The Kier molecular flexibility index (Phi) is 6.34. The number of fused-ring (bicyclic) bond motifs is 1. The van der Waals surface area contributed by atoms with E-state index < -0.39 is 23.8 Å². The zero-order chi connectivity index (χ0) is 22.9. The quantitative estimate of drug-likeness (QED) is 0.759. The molecule has 2 N–H and O–H groups in total. The van der Waals surface area contributed by atoms with E-state index in [9.17, 15) is 25.1 Å². The van der Waals surface area contributed by atoms with Gasteiger partial charge in [-0.2, -0.15) is 5.26 Å². The Morgan fingerprint density at radius 1 is 1.39 bits per heavy atom. The number of β-amino-alcohol motifs (C(OH)–C–C–N with tert-alkyl or cyclic N) is 1. The number of hydrogen-bond acceptors (Lipinski definition) is 6. The molecule has 31 heavy (non-hydrogen) atoms. The third kappa shape index (κ3) is 4.55. The minimum atomic E-state index is -1.03. The van der Waals surface area contributed by atoms with Crippen LogP contribution in [0.5, 0.6) is 0 Å². The molecule has 1 aliphatic heterocycles. The van der Waals surface area contributed by atoms with E-state index in [0.29, 0.717) is 49.1 Å². The third-order valence-corrected chi connectivity index (χ3v) is 5.93. The first-order valence-corrected chi connectivity index (χ1v) is 10.3. The maximum Gasteiger partial charge on any atom is 0.408 e. The fraction of sp³-hybridized carbons (Fsp3) is 0.545. The number of aryl methyl sites for hydroxylation is 1. The summed E-state index contributed by atoms with van der Waals surface area (Å²) in [7, 11) is 1.67. The van der Waals surface area contributed by atoms with Gasteiger partial charge in [-0.1, -0.05) is 0 Å². The Morgan fingerprint density at radius 3 is 2.68 bits per heavy atom. The first kappa shape index (κ1) is 22.7. The minimum absolute atomic E-state index is 0.169. The number of rotatable bonds is 4. The maximum atomic E-state index is 12.1. The van der Waals surface area contributed by atoms with E-state index in [1.165, 1.54) is 21.7 Å². The van der Waals surface area contributed by atoms with Gasteiger partial charge in [0.2, 0.25) is 0 Å². The van der Waals surface area contributed by atoms with Crippen LogP contribution in [0.15, 0.2) is 23.1 Å². The summed E-state index contributed by atoms with van der Waals surface area (Å²) < 4.78 is 1.51. The van der Waals surface area contributed by atoms with Crippen molar-refractivity contribution in [2.24, 2.45) is 7.05 Å². The Morgan fingerprint density at radius 2 is 2.10 bits per heavy atom. The highest BCUT2D eigenvalue weighted by molar-refractivity contribution is 5.80. The van der Waals surface area contributed by atoms with Gasteiger partial charge in [-0.05, 0) is 45.2 Å². The molecule has 0 aliphatic carbocycles. The Bertz CT molecular complexity index is 1080. The van der Waals surface area contributed by atoms with Gasteiger partial charge in [0.05, 0.1) is 28.7 Å². The second-order valence-corrected chi connectivity index (χ2v) is 9.02. The van der Waals surface area contributed by atoms with E-state index in [1.54, 1.807) is 13.1 Å². The summed E-state index contributed by atoms with van der Waals surface area (Å²) in [6, 6.07) is 4.81. The molecule has 166 valence electrons. The lowest BCUT2D eigenvalue weighted by Crippen LogP contribution is -2.60. The largest absolute Gasteiger partial charge is 0.465 e. The van der Waals surface area contributed by atoms with Gasteiger partial charge in [-0.3, -0.25) is 14.7 Å². The molecule has 0 spiro atoms. The average molecular weight is 428 g/mol. The van der Waals surface area contributed by atoms with Crippen LogP contribution in [-0.2, 0) is 13.5 Å². The topological polar surface area (TPSA) is 123 Å². The molecular weight excluding hydrogens is 398 g/mol. The molecule has 1 fully saturated rings. The van der Waals surface area contributed by atoms with Crippen LogP contribution in [0.2, 0.25) is 0 Å². The molecular formula is C22H29N5O4. The summed E-state index contributed by atoms with van der Waals surface area (Å²) in [4.78, 5) is 31.6. The predicted molar refractivity (Wildman–Crippen MR) is 116 cm³/mol. The van der Waals surface area contributed by atoms with E-state index in [-0.39, 0.29) is 5.56 Å². The van der Waals surface area contributed by atoms with Gasteiger partial charge in [0, 0.05) is 44.5 Å². The van der Waals surface area contributed by atoms with Crippen molar-refractivity contribution in [1.82, 2.24) is 19.4 Å².